The number of aliphatic carboxylic acids is 1. The van der Waals surface area contributed by atoms with Crippen LogP contribution in [0.3, 0.4) is 0 Å². The maximum atomic E-state index is 12.1. The van der Waals surface area contributed by atoms with E-state index in [0.717, 1.165) is 17.1 Å². The van der Waals surface area contributed by atoms with Crippen molar-refractivity contribution < 1.29 is 9.90 Å². The van der Waals surface area contributed by atoms with Crippen LogP contribution in [0.5, 0.6) is 0 Å². The Hall–Kier alpha value is -2.09. The van der Waals surface area contributed by atoms with Gasteiger partial charge < -0.3 is 5.11 Å². The fourth-order valence-corrected chi connectivity index (χ4v) is 2.82. The highest BCUT2D eigenvalue weighted by Gasteiger charge is 2.19. The molecule has 2 aromatic heterocycles. The molecule has 2 rings (SSSR count). The first-order chi connectivity index (χ1) is 9.81. The van der Waals surface area contributed by atoms with E-state index < -0.39 is 17.6 Å². The average molecular weight is 308 g/mol. The third-order valence-corrected chi connectivity index (χ3v) is 4.10. The number of carbonyl (C=O) groups is 1. The summed E-state index contributed by atoms with van der Waals surface area (Å²) in [5.41, 5.74) is 1.56. The Morgan fingerprint density at radius 3 is 2.52 bits per heavy atom. The number of carboxylic acid groups (broad SMARTS) is 1. The monoisotopic (exact) mass is 308 g/mol. The zero-order valence-electron chi connectivity index (χ0n) is 12.2. The van der Waals surface area contributed by atoms with Gasteiger partial charge in [-0.2, -0.15) is 9.36 Å². The molecule has 1 unspecified atom stereocenters. The Labute approximate surface area is 125 Å². The van der Waals surface area contributed by atoms with Crippen molar-refractivity contribution in [3.05, 3.63) is 33.3 Å². The molecule has 0 amide bonds. The minimum Gasteiger partial charge on any atom is -0.481 e. The minimum atomic E-state index is -0.877. The van der Waals surface area contributed by atoms with E-state index >= 15 is 0 Å². The molecule has 8 heteroatoms. The molecule has 0 saturated heterocycles. The molecule has 0 aromatic carbocycles. The minimum absolute atomic E-state index is 0.318. The van der Waals surface area contributed by atoms with Crippen molar-refractivity contribution >= 4 is 17.5 Å². The average Bonchev–Trinajstić information content (AvgIpc) is 2.80. The third-order valence-electron chi connectivity index (χ3n) is 3.30. The highest BCUT2D eigenvalue weighted by Crippen LogP contribution is 2.19. The topological polar surface area (TPSA) is 98.0 Å². The van der Waals surface area contributed by atoms with E-state index in [1.165, 1.54) is 4.57 Å². The number of hydrogen-bond donors (Lipinski definition) is 1. The van der Waals surface area contributed by atoms with Gasteiger partial charge in [-0.15, -0.1) is 0 Å². The van der Waals surface area contributed by atoms with Crippen molar-refractivity contribution in [3.8, 4) is 5.13 Å². The molecule has 0 aliphatic heterocycles. The molecule has 7 nitrogen and oxygen atoms in total. The van der Waals surface area contributed by atoms with E-state index in [1.807, 2.05) is 0 Å². The lowest BCUT2D eigenvalue weighted by Crippen LogP contribution is -2.27. The van der Waals surface area contributed by atoms with Crippen molar-refractivity contribution in [2.24, 2.45) is 5.92 Å². The molecule has 0 aliphatic rings. The van der Waals surface area contributed by atoms with Crippen molar-refractivity contribution in [1.29, 1.82) is 0 Å². The molecule has 0 radical (unpaired) electrons. The normalized spacial score (nSPS) is 12.4. The van der Waals surface area contributed by atoms with Gasteiger partial charge in [-0.25, -0.2) is 14.3 Å². The van der Waals surface area contributed by atoms with E-state index in [4.69, 9.17) is 5.11 Å². The van der Waals surface area contributed by atoms with Crippen LogP contribution in [0.2, 0.25) is 0 Å². The SMILES string of the molecule is Cc1nsc(-n2c(C)c(CC(C)C(=O)O)c(C)nc2=O)n1. The molecular formula is C13H16N4O3S. The predicted molar refractivity (Wildman–Crippen MR) is 78.0 cm³/mol. The van der Waals surface area contributed by atoms with Gasteiger partial charge in [0.05, 0.1) is 5.92 Å². The van der Waals surface area contributed by atoms with Crippen LogP contribution in [-0.4, -0.2) is 30.0 Å². The lowest BCUT2D eigenvalue weighted by atomic mass is 9.99. The first-order valence-electron chi connectivity index (χ1n) is 6.44. The number of aryl methyl sites for hydroxylation is 2. The summed E-state index contributed by atoms with van der Waals surface area (Å²) >= 11 is 1.12. The van der Waals surface area contributed by atoms with Crippen molar-refractivity contribution in [1.82, 2.24) is 18.9 Å². The zero-order valence-corrected chi connectivity index (χ0v) is 13.1. The largest absolute Gasteiger partial charge is 0.481 e. The van der Waals surface area contributed by atoms with Gasteiger partial charge >= 0.3 is 11.7 Å². The highest BCUT2D eigenvalue weighted by atomic mass is 32.1. The summed E-state index contributed by atoms with van der Waals surface area (Å²) in [6.45, 7) is 6.87. The summed E-state index contributed by atoms with van der Waals surface area (Å²) in [5, 5.41) is 9.51. The van der Waals surface area contributed by atoms with Gasteiger partial charge in [0, 0.05) is 22.9 Å². The first-order valence-corrected chi connectivity index (χ1v) is 7.21. The van der Waals surface area contributed by atoms with Crippen LogP contribution in [0.25, 0.3) is 5.13 Å². The quantitative estimate of drug-likeness (QED) is 0.913. The molecular weight excluding hydrogens is 292 g/mol. The third kappa shape index (κ3) is 2.99. The second kappa shape index (κ2) is 5.72. The first kappa shape index (κ1) is 15.3. The molecule has 1 atom stereocenters. The lowest BCUT2D eigenvalue weighted by Gasteiger charge is -2.15. The molecule has 0 bridgehead atoms. The summed E-state index contributed by atoms with van der Waals surface area (Å²) < 4.78 is 5.46. The van der Waals surface area contributed by atoms with Crippen LogP contribution in [-0.2, 0) is 11.2 Å². The number of aromatic nitrogens is 4. The summed E-state index contributed by atoms with van der Waals surface area (Å²) in [5.74, 6) is -0.841. The van der Waals surface area contributed by atoms with Crippen molar-refractivity contribution in [3.63, 3.8) is 0 Å². The van der Waals surface area contributed by atoms with Gasteiger partial charge in [0.25, 0.3) is 0 Å². The number of hydrogen-bond acceptors (Lipinski definition) is 6. The Kier molecular flexibility index (Phi) is 4.17. The molecule has 0 saturated carbocycles. The summed E-state index contributed by atoms with van der Waals surface area (Å²) in [6, 6.07) is 0. The number of nitrogens with zero attached hydrogens (tertiary/aromatic N) is 4. The van der Waals surface area contributed by atoms with E-state index in [9.17, 15) is 9.59 Å². The van der Waals surface area contributed by atoms with Gasteiger partial charge in [-0.1, -0.05) is 6.92 Å². The fourth-order valence-electron chi connectivity index (χ4n) is 2.09. The maximum Gasteiger partial charge on any atom is 0.354 e. The van der Waals surface area contributed by atoms with Gasteiger partial charge in [0.2, 0.25) is 5.13 Å². The summed E-state index contributed by atoms with van der Waals surface area (Å²) in [6.07, 6.45) is 0.318. The van der Waals surface area contributed by atoms with Gasteiger partial charge in [-0.05, 0) is 32.8 Å². The van der Waals surface area contributed by atoms with Gasteiger partial charge in [-0.3, -0.25) is 4.79 Å². The van der Waals surface area contributed by atoms with Gasteiger partial charge in [0.15, 0.2) is 0 Å². The smallest absolute Gasteiger partial charge is 0.354 e. The van der Waals surface area contributed by atoms with E-state index in [-0.39, 0.29) is 0 Å². The van der Waals surface area contributed by atoms with E-state index in [0.29, 0.717) is 28.8 Å². The Balaban J connectivity index is 2.58. The predicted octanol–water partition coefficient (Wildman–Crippen LogP) is 1.27. The van der Waals surface area contributed by atoms with Crippen LogP contribution in [0.15, 0.2) is 4.79 Å². The van der Waals surface area contributed by atoms with Crippen LogP contribution < -0.4 is 5.69 Å². The number of rotatable bonds is 4. The molecule has 2 aromatic rings. The van der Waals surface area contributed by atoms with Crippen molar-refractivity contribution in [2.75, 3.05) is 0 Å². The van der Waals surface area contributed by atoms with Crippen LogP contribution in [0.4, 0.5) is 0 Å². The summed E-state index contributed by atoms with van der Waals surface area (Å²) in [4.78, 5) is 31.3. The zero-order chi connectivity index (χ0) is 15.7. The van der Waals surface area contributed by atoms with E-state index in [2.05, 4.69) is 14.3 Å². The molecule has 2 heterocycles. The molecule has 112 valence electrons. The molecule has 21 heavy (non-hydrogen) atoms. The molecule has 0 aliphatic carbocycles. The van der Waals surface area contributed by atoms with Crippen LogP contribution >= 0.6 is 11.5 Å². The Morgan fingerprint density at radius 2 is 2.00 bits per heavy atom. The van der Waals surface area contributed by atoms with Crippen molar-refractivity contribution in [2.45, 2.75) is 34.1 Å². The highest BCUT2D eigenvalue weighted by molar-refractivity contribution is 7.08. The molecule has 0 spiro atoms. The fraction of sp³-hybridized carbons (Fsp3) is 0.462. The molecule has 1 N–H and O–H groups in total. The van der Waals surface area contributed by atoms with Crippen LogP contribution in [0, 0.1) is 26.7 Å². The second-order valence-corrected chi connectivity index (χ2v) is 5.68. The number of carboxylic acids is 1. The van der Waals surface area contributed by atoms with Gasteiger partial charge in [0.1, 0.15) is 5.82 Å². The Bertz CT molecular complexity index is 750. The summed E-state index contributed by atoms with van der Waals surface area (Å²) in [7, 11) is 0. The maximum absolute atomic E-state index is 12.1. The standard InChI is InChI=1S/C13H16N4O3S/c1-6(11(18)19)5-10-7(2)14-12(20)17(8(10)3)13-15-9(4)16-21-13/h6H,5H2,1-4H3,(H,18,19). The lowest BCUT2D eigenvalue weighted by molar-refractivity contribution is -0.141. The Morgan fingerprint density at radius 1 is 1.33 bits per heavy atom. The van der Waals surface area contributed by atoms with E-state index in [1.54, 1.807) is 27.7 Å². The second-order valence-electron chi connectivity index (χ2n) is 4.95. The van der Waals surface area contributed by atoms with Crippen LogP contribution in [0.1, 0.15) is 29.7 Å². The molecule has 0 fully saturated rings.